The van der Waals surface area contributed by atoms with Crippen molar-refractivity contribution in [3.8, 4) is 5.75 Å². The Bertz CT molecular complexity index is 998. The molecule has 4 N–H and O–H groups in total. The summed E-state index contributed by atoms with van der Waals surface area (Å²) in [7, 11) is 0. The Morgan fingerprint density at radius 1 is 1.00 bits per heavy atom. The van der Waals surface area contributed by atoms with Crippen LogP contribution in [-0.4, -0.2) is 21.1 Å². The summed E-state index contributed by atoms with van der Waals surface area (Å²) in [5.41, 5.74) is 3.37. The van der Waals surface area contributed by atoms with Crippen molar-refractivity contribution in [2.24, 2.45) is 0 Å². The number of hydrogen-bond acceptors (Lipinski definition) is 4. The Labute approximate surface area is 162 Å². The third kappa shape index (κ3) is 5.20. The molecule has 1 aromatic heterocycles. The predicted molar refractivity (Wildman–Crippen MR) is 106 cm³/mol. The molecule has 28 heavy (non-hydrogen) atoms. The Morgan fingerprint density at radius 2 is 1.68 bits per heavy atom. The zero-order valence-electron chi connectivity index (χ0n) is 15.5. The number of phenolic OH excluding ortho intramolecular Hbond substituents is 1. The molecule has 3 rings (SSSR count). The minimum absolute atomic E-state index is 0.0310. The zero-order chi connectivity index (χ0) is 19.9. The van der Waals surface area contributed by atoms with Crippen molar-refractivity contribution in [3.63, 3.8) is 0 Å². The lowest BCUT2D eigenvalue weighted by Crippen LogP contribution is -2.36. The highest BCUT2D eigenvalue weighted by Gasteiger charge is 2.10. The molecule has 0 spiro atoms. The fourth-order valence-electron chi connectivity index (χ4n) is 2.73. The lowest BCUT2D eigenvalue weighted by Gasteiger charge is -2.10. The molecule has 0 aliphatic rings. The van der Waals surface area contributed by atoms with Gasteiger partial charge in [-0.15, -0.1) is 0 Å². The summed E-state index contributed by atoms with van der Waals surface area (Å²) in [6, 6.07) is 16.0. The number of aromatic amines is 1. The molecule has 0 saturated carbocycles. The van der Waals surface area contributed by atoms with Gasteiger partial charge in [0.2, 0.25) is 0 Å². The number of carbonyl (C=O) groups excluding carboxylic acids is 1. The van der Waals surface area contributed by atoms with Gasteiger partial charge in [-0.05, 0) is 30.2 Å². The van der Waals surface area contributed by atoms with Gasteiger partial charge in [-0.1, -0.05) is 42.5 Å². The quantitative estimate of drug-likeness (QED) is 0.528. The predicted octanol–water partition coefficient (Wildman–Crippen LogP) is 2.37. The summed E-state index contributed by atoms with van der Waals surface area (Å²) in [4.78, 5) is 31.5. The minimum atomic E-state index is -0.403. The van der Waals surface area contributed by atoms with E-state index in [0.717, 1.165) is 22.5 Å². The van der Waals surface area contributed by atoms with E-state index in [1.54, 1.807) is 24.3 Å². The van der Waals surface area contributed by atoms with Crippen LogP contribution in [0.1, 0.15) is 28.2 Å². The first-order valence-corrected chi connectivity index (χ1v) is 8.93. The number of aromatic nitrogens is 2. The molecule has 0 aliphatic carbocycles. The van der Waals surface area contributed by atoms with Crippen LogP contribution in [0.15, 0.2) is 59.4 Å². The molecule has 144 valence electrons. The summed E-state index contributed by atoms with van der Waals surface area (Å²) in [6.45, 7) is 2.18. The molecule has 1 heterocycles. The maximum absolute atomic E-state index is 12.3. The molecular formula is C21H22N4O3. The smallest absolute Gasteiger partial charge is 0.315 e. The van der Waals surface area contributed by atoms with Crippen molar-refractivity contribution in [1.29, 1.82) is 0 Å². The van der Waals surface area contributed by atoms with Gasteiger partial charge in [0.15, 0.2) is 0 Å². The number of nitrogens with zero attached hydrogens (tertiary/aromatic N) is 1. The number of amides is 2. The highest BCUT2D eigenvalue weighted by Crippen LogP contribution is 2.10. The number of urea groups is 1. The number of rotatable bonds is 6. The van der Waals surface area contributed by atoms with Crippen LogP contribution in [0.2, 0.25) is 0 Å². The summed E-state index contributed by atoms with van der Waals surface area (Å²) in [6.07, 6.45) is 0.593. The van der Waals surface area contributed by atoms with Crippen molar-refractivity contribution >= 4 is 6.03 Å². The van der Waals surface area contributed by atoms with Crippen LogP contribution in [0, 0.1) is 6.92 Å². The molecule has 0 saturated heterocycles. The summed E-state index contributed by atoms with van der Waals surface area (Å²) < 4.78 is 0. The number of aryl methyl sites for hydroxylation is 1. The minimum Gasteiger partial charge on any atom is -0.508 e. The standard InChI is InChI=1S/C21H22N4O3/c1-14-18(11-15-5-3-2-4-6-15)25-20(27)19(24-14)13-23-21(28)22-12-16-7-9-17(26)10-8-16/h2-10,26H,11-13H2,1H3,(H,25,27)(H2,22,23,28). The monoisotopic (exact) mass is 378 g/mol. The van der Waals surface area contributed by atoms with E-state index in [0.29, 0.717) is 13.0 Å². The van der Waals surface area contributed by atoms with Gasteiger partial charge in [-0.2, -0.15) is 0 Å². The molecule has 0 fully saturated rings. The van der Waals surface area contributed by atoms with Crippen LogP contribution in [0.25, 0.3) is 0 Å². The molecule has 7 heteroatoms. The van der Waals surface area contributed by atoms with Crippen molar-refractivity contribution < 1.29 is 9.90 Å². The number of phenols is 1. The van der Waals surface area contributed by atoms with Gasteiger partial charge < -0.3 is 20.7 Å². The van der Waals surface area contributed by atoms with Gasteiger partial charge in [0.05, 0.1) is 12.2 Å². The number of H-pyrrole nitrogens is 1. The van der Waals surface area contributed by atoms with Crippen molar-refractivity contribution in [2.75, 3.05) is 0 Å². The molecule has 3 aromatic rings. The van der Waals surface area contributed by atoms with Crippen molar-refractivity contribution in [1.82, 2.24) is 20.6 Å². The number of benzene rings is 2. The fraction of sp³-hybridized carbons (Fsp3) is 0.190. The molecule has 0 radical (unpaired) electrons. The second kappa shape index (κ2) is 8.85. The largest absolute Gasteiger partial charge is 0.508 e. The zero-order valence-corrected chi connectivity index (χ0v) is 15.5. The van der Waals surface area contributed by atoms with Gasteiger partial charge in [0.1, 0.15) is 11.4 Å². The Morgan fingerprint density at radius 3 is 2.39 bits per heavy atom. The first-order chi connectivity index (χ1) is 13.5. The Kier molecular flexibility index (Phi) is 6.06. The number of carbonyl (C=O) groups is 1. The Balaban J connectivity index is 1.56. The van der Waals surface area contributed by atoms with Crippen LogP contribution in [0.4, 0.5) is 4.79 Å². The van der Waals surface area contributed by atoms with E-state index < -0.39 is 6.03 Å². The number of nitrogens with one attached hydrogen (secondary N) is 3. The van der Waals surface area contributed by atoms with Gasteiger partial charge in [-0.25, -0.2) is 9.78 Å². The lowest BCUT2D eigenvalue weighted by molar-refractivity contribution is 0.240. The average molecular weight is 378 g/mol. The van der Waals surface area contributed by atoms with Gasteiger partial charge in [0.25, 0.3) is 5.56 Å². The van der Waals surface area contributed by atoms with E-state index in [2.05, 4.69) is 20.6 Å². The van der Waals surface area contributed by atoms with Crippen molar-refractivity contribution in [3.05, 3.63) is 93.2 Å². The second-order valence-electron chi connectivity index (χ2n) is 6.44. The average Bonchev–Trinajstić information content (AvgIpc) is 2.70. The van der Waals surface area contributed by atoms with Crippen LogP contribution in [-0.2, 0) is 19.5 Å². The van der Waals surface area contributed by atoms with E-state index in [1.165, 1.54) is 0 Å². The third-order valence-corrected chi connectivity index (χ3v) is 4.30. The SMILES string of the molecule is Cc1nc(CNC(=O)NCc2ccc(O)cc2)c(=O)[nH]c1Cc1ccccc1. The van der Waals surface area contributed by atoms with Crippen LogP contribution >= 0.6 is 0 Å². The molecule has 7 nitrogen and oxygen atoms in total. The molecule has 0 atom stereocenters. The first kappa shape index (κ1) is 19.2. The van der Waals surface area contributed by atoms with E-state index >= 15 is 0 Å². The highest BCUT2D eigenvalue weighted by atomic mass is 16.3. The number of aromatic hydroxyl groups is 1. The molecule has 0 bridgehead atoms. The van der Waals surface area contributed by atoms with E-state index in [-0.39, 0.29) is 23.5 Å². The van der Waals surface area contributed by atoms with E-state index in [1.807, 2.05) is 37.3 Å². The maximum atomic E-state index is 12.3. The first-order valence-electron chi connectivity index (χ1n) is 8.93. The number of hydrogen-bond donors (Lipinski definition) is 4. The maximum Gasteiger partial charge on any atom is 0.315 e. The third-order valence-electron chi connectivity index (χ3n) is 4.30. The Hall–Kier alpha value is -3.61. The molecule has 0 unspecified atom stereocenters. The summed E-state index contributed by atoms with van der Waals surface area (Å²) in [5.74, 6) is 0.171. The normalized spacial score (nSPS) is 10.5. The summed E-state index contributed by atoms with van der Waals surface area (Å²) in [5, 5.41) is 14.6. The van der Waals surface area contributed by atoms with Crippen LogP contribution in [0.5, 0.6) is 5.75 Å². The van der Waals surface area contributed by atoms with Crippen molar-refractivity contribution in [2.45, 2.75) is 26.4 Å². The highest BCUT2D eigenvalue weighted by molar-refractivity contribution is 5.73. The van der Waals surface area contributed by atoms with E-state index in [9.17, 15) is 14.7 Å². The van der Waals surface area contributed by atoms with Crippen LogP contribution in [0.3, 0.4) is 0 Å². The lowest BCUT2D eigenvalue weighted by atomic mass is 10.1. The van der Waals surface area contributed by atoms with E-state index in [4.69, 9.17) is 0 Å². The van der Waals surface area contributed by atoms with Crippen LogP contribution < -0.4 is 16.2 Å². The molecule has 2 aromatic carbocycles. The molecular weight excluding hydrogens is 356 g/mol. The second-order valence-corrected chi connectivity index (χ2v) is 6.44. The topological polar surface area (TPSA) is 107 Å². The van der Waals surface area contributed by atoms with Gasteiger partial charge >= 0.3 is 6.03 Å². The molecule has 2 amide bonds. The van der Waals surface area contributed by atoms with Gasteiger partial charge in [-0.3, -0.25) is 4.79 Å². The molecule has 0 aliphatic heterocycles. The fourth-order valence-corrected chi connectivity index (χ4v) is 2.73. The summed E-state index contributed by atoms with van der Waals surface area (Å²) >= 11 is 0. The van der Waals surface area contributed by atoms with Gasteiger partial charge in [0, 0.05) is 18.7 Å².